The first-order valence-corrected chi connectivity index (χ1v) is 27.4. The van der Waals surface area contributed by atoms with Crippen molar-refractivity contribution in [1.29, 1.82) is 0 Å². The van der Waals surface area contributed by atoms with Crippen LogP contribution in [-0.4, -0.2) is 46.9 Å². The minimum Gasteiger partial charge on any atom is -0.462 e. The summed E-state index contributed by atoms with van der Waals surface area (Å²) in [5, 5.41) is 23.8. The Kier molecular flexibility index (Phi) is 48.5. The van der Waals surface area contributed by atoms with Crippen molar-refractivity contribution in [2.24, 2.45) is 0 Å². The molecule has 0 aliphatic heterocycles. The van der Waals surface area contributed by atoms with Gasteiger partial charge in [-0.15, -0.1) is 0 Å². The van der Waals surface area contributed by atoms with Crippen molar-refractivity contribution >= 4 is 11.9 Å². The lowest BCUT2D eigenvalue weighted by Crippen LogP contribution is -2.46. The number of unbranched alkanes of at least 4 members (excludes halogenated alkanes) is 36. The fourth-order valence-electron chi connectivity index (χ4n) is 8.66. The molecule has 0 aromatic carbocycles. The van der Waals surface area contributed by atoms with Crippen molar-refractivity contribution < 1.29 is 24.5 Å². The molecule has 0 aliphatic carbocycles. The van der Waals surface area contributed by atoms with Crippen LogP contribution in [0.15, 0.2) is 12.2 Å². The quantitative estimate of drug-likeness (QED) is 0.0322. The molecule has 0 saturated heterocycles. The zero-order chi connectivity index (χ0) is 44.5. The van der Waals surface area contributed by atoms with Crippen LogP contribution in [0, 0.1) is 0 Å². The van der Waals surface area contributed by atoms with E-state index >= 15 is 0 Å². The third-order valence-corrected chi connectivity index (χ3v) is 12.8. The second kappa shape index (κ2) is 49.6. The third kappa shape index (κ3) is 45.0. The van der Waals surface area contributed by atoms with Crippen molar-refractivity contribution in [1.82, 2.24) is 5.32 Å². The van der Waals surface area contributed by atoms with Crippen LogP contribution in [0.3, 0.4) is 0 Å². The van der Waals surface area contributed by atoms with E-state index in [9.17, 15) is 19.8 Å². The first kappa shape index (κ1) is 59.6. The molecule has 3 N–H and O–H groups in total. The van der Waals surface area contributed by atoms with Crippen LogP contribution in [0.1, 0.15) is 303 Å². The Hall–Kier alpha value is -1.40. The van der Waals surface area contributed by atoms with E-state index in [0.29, 0.717) is 19.3 Å². The first-order valence-electron chi connectivity index (χ1n) is 27.4. The van der Waals surface area contributed by atoms with Gasteiger partial charge in [0.05, 0.1) is 25.2 Å². The molecule has 362 valence electrons. The lowest BCUT2D eigenvalue weighted by atomic mass is 10.0. The minimum atomic E-state index is -0.782. The van der Waals surface area contributed by atoms with Crippen molar-refractivity contribution in [2.45, 2.75) is 322 Å². The Labute approximate surface area is 380 Å². The van der Waals surface area contributed by atoms with E-state index in [1.54, 1.807) is 0 Å². The van der Waals surface area contributed by atoms with E-state index < -0.39 is 18.2 Å². The fourth-order valence-corrected chi connectivity index (χ4v) is 8.66. The highest BCUT2D eigenvalue weighted by Crippen LogP contribution is 2.19. The van der Waals surface area contributed by atoms with Crippen LogP contribution in [-0.2, 0) is 14.3 Å². The van der Waals surface area contributed by atoms with Gasteiger partial charge >= 0.3 is 5.97 Å². The number of nitrogens with one attached hydrogen (secondary N) is 1. The van der Waals surface area contributed by atoms with Gasteiger partial charge in [0.15, 0.2) is 0 Å². The molecule has 0 aromatic rings. The van der Waals surface area contributed by atoms with Gasteiger partial charge in [-0.2, -0.15) is 0 Å². The average Bonchev–Trinajstić information content (AvgIpc) is 3.25. The Morgan fingerprint density at radius 2 is 0.787 bits per heavy atom. The molecular formula is C55H107NO5. The Bertz CT molecular complexity index is 924. The molecule has 61 heavy (non-hydrogen) atoms. The van der Waals surface area contributed by atoms with Crippen LogP contribution in [0.5, 0.6) is 0 Å². The molecule has 6 nitrogen and oxygen atoms in total. The Morgan fingerprint density at radius 3 is 1.18 bits per heavy atom. The number of rotatable bonds is 50. The Morgan fingerprint density at radius 1 is 0.459 bits per heavy atom. The molecule has 0 spiro atoms. The summed E-state index contributed by atoms with van der Waals surface area (Å²) in [4.78, 5) is 26.2. The van der Waals surface area contributed by atoms with Crippen molar-refractivity contribution in [3.63, 3.8) is 0 Å². The number of aliphatic hydroxyl groups is 2. The van der Waals surface area contributed by atoms with Gasteiger partial charge in [0.2, 0.25) is 5.91 Å². The summed E-state index contributed by atoms with van der Waals surface area (Å²) in [6.45, 7) is 6.50. The molecule has 0 saturated carbocycles. The number of esters is 1. The summed E-state index contributed by atoms with van der Waals surface area (Å²) in [6.07, 6.45) is 55.5. The number of hydrogen-bond acceptors (Lipinski definition) is 5. The summed E-state index contributed by atoms with van der Waals surface area (Å²) in [6, 6.07) is -0.695. The van der Waals surface area contributed by atoms with E-state index in [-0.39, 0.29) is 24.9 Å². The van der Waals surface area contributed by atoms with Crippen LogP contribution in [0.25, 0.3) is 0 Å². The molecule has 0 aromatic heterocycles. The molecule has 3 unspecified atom stereocenters. The van der Waals surface area contributed by atoms with Crippen molar-refractivity contribution in [2.75, 3.05) is 6.61 Å². The number of hydrogen-bond donors (Lipinski definition) is 3. The van der Waals surface area contributed by atoms with Gasteiger partial charge in [0, 0.05) is 6.42 Å². The Balaban J connectivity index is 4.53. The van der Waals surface area contributed by atoms with Gasteiger partial charge in [-0.1, -0.05) is 251 Å². The highest BCUT2D eigenvalue weighted by atomic mass is 16.5. The monoisotopic (exact) mass is 862 g/mol. The number of carbonyl (C=O) groups is 2. The predicted octanol–water partition coefficient (Wildman–Crippen LogP) is 16.5. The maximum Gasteiger partial charge on any atom is 0.306 e. The second-order valence-electron chi connectivity index (χ2n) is 19.0. The molecule has 0 fully saturated rings. The molecule has 0 bridgehead atoms. The van der Waals surface area contributed by atoms with Crippen molar-refractivity contribution in [3.8, 4) is 0 Å². The predicted molar refractivity (Wildman–Crippen MR) is 264 cm³/mol. The van der Waals surface area contributed by atoms with Gasteiger partial charge in [-0.25, -0.2) is 0 Å². The molecule has 6 heteroatoms. The zero-order valence-electron chi connectivity index (χ0n) is 41.3. The zero-order valence-corrected chi connectivity index (χ0v) is 41.3. The summed E-state index contributed by atoms with van der Waals surface area (Å²) in [5.41, 5.74) is 0. The summed E-state index contributed by atoms with van der Waals surface area (Å²) >= 11 is 0. The fraction of sp³-hybridized carbons (Fsp3) is 0.927. The standard InChI is InChI=1S/C55H107NO5/c1-4-7-10-13-16-19-22-25-27-29-31-34-37-40-43-46-51(61-55(60)48-45-42-39-36-33-30-28-26-23-20-17-14-11-8-5-2)49-54(59)56-52(50-57)53(58)47-44-41-38-35-32-24-21-18-15-12-9-6-3/h20,23,51-53,57-58H,4-19,21-22,24-50H2,1-3H3,(H,56,59)/b23-20-. The normalized spacial score (nSPS) is 13.2. The highest BCUT2D eigenvalue weighted by Gasteiger charge is 2.24. The van der Waals surface area contributed by atoms with Gasteiger partial charge in [0.25, 0.3) is 0 Å². The van der Waals surface area contributed by atoms with Gasteiger partial charge in [0.1, 0.15) is 6.10 Å². The molecule has 0 rings (SSSR count). The molecular weight excluding hydrogens is 755 g/mol. The maximum atomic E-state index is 13.2. The van der Waals surface area contributed by atoms with E-state index in [4.69, 9.17) is 4.74 Å². The van der Waals surface area contributed by atoms with Gasteiger partial charge in [-0.3, -0.25) is 9.59 Å². The van der Waals surface area contributed by atoms with Crippen molar-refractivity contribution in [3.05, 3.63) is 12.2 Å². The van der Waals surface area contributed by atoms with Crippen LogP contribution in [0.4, 0.5) is 0 Å². The molecule has 0 radical (unpaired) electrons. The number of carbonyl (C=O) groups excluding carboxylic acids is 2. The lowest BCUT2D eigenvalue weighted by molar-refractivity contribution is -0.151. The smallest absolute Gasteiger partial charge is 0.306 e. The second-order valence-corrected chi connectivity index (χ2v) is 19.0. The molecule has 1 amide bonds. The first-order chi connectivity index (χ1) is 30.0. The van der Waals surface area contributed by atoms with E-state index in [1.165, 1.54) is 212 Å². The summed E-state index contributed by atoms with van der Waals surface area (Å²) < 4.78 is 5.95. The van der Waals surface area contributed by atoms with Crippen LogP contribution < -0.4 is 5.32 Å². The number of allylic oxidation sites excluding steroid dienone is 2. The largest absolute Gasteiger partial charge is 0.462 e. The third-order valence-electron chi connectivity index (χ3n) is 12.8. The maximum absolute atomic E-state index is 13.2. The topological polar surface area (TPSA) is 95.9 Å². The SMILES string of the molecule is CCCCCC/C=C\CCCCCCCCCC(=O)OC(CCCCCCCCCCCCCCCCC)CC(=O)NC(CO)C(O)CCCCCCCCCCCCCC. The van der Waals surface area contributed by atoms with E-state index in [0.717, 1.165) is 44.9 Å². The van der Waals surface area contributed by atoms with Gasteiger partial charge in [-0.05, 0) is 51.4 Å². The highest BCUT2D eigenvalue weighted by molar-refractivity contribution is 5.77. The average molecular weight is 862 g/mol. The number of ether oxygens (including phenoxy) is 1. The molecule has 3 atom stereocenters. The van der Waals surface area contributed by atoms with E-state index in [2.05, 4.69) is 38.2 Å². The minimum absolute atomic E-state index is 0.0835. The number of aliphatic hydroxyl groups excluding tert-OH is 2. The van der Waals surface area contributed by atoms with Crippen LogP contribution in [0.2, 0.25) is 0 Å². The van der Waals surface area contributed by atoms with Crippen LogP contribution >= 0.6 is 0 Å². The van der Waals surface area contributed by atoms with Gasteiger partial charge < -0.3 is 20.3 Å². The summed E-state index contributed by atoms with van der Waals surface area (Å²) in [7, 11) is 0. The number of amides is 1. The summed E-state index contributed by atoms with van der Waals surface area (Å²) in [5.74, 6) is -0.458. The van der Waals surface area contributed by atoms with E-state index in [1.807, 2.05) is 0 Å². The lowest BCUT2D eigenvalue weighted by Gasteiger charge is -2.24. The molecule has 0 heterocycles. The molecule has 0 aliphatic rings.